The summed E-state index contributed by atoms with van der Waals surface area (Å²) in [5, 5.41) is 23.8. The Morgan fingerprint density at radius 3 is 1.88 bits per heavy atom. The first kappa shape index (κ1) is 23.9. The maximum absolute atomic E-state index is 12.0. The lowest BCUT2D eigenvalue weighted by molar-refractivity contribution is -0.877. The summed E-state index contributed by atoms with van der Waals surface area (Å²) in [6, 6.07) is 0. The molecule has 0 aliphatic rings. The van der Waals surface area contributed by atoms with Crippen molar-refractivity contribution in [2.24, 2.45) is 0 Å². The second kappa shape index (κ2) is 12.3. The Hall–Kier alpha value is -1.14. The van der Waals surface area contributed by atoms with Crippen LogP contribution in [0.4, 0.5) is 0 Å². The average molecular weight is 359 g/mol. The molecule has 1 unspecified atom stereocenters. The summed E-state index contributed by atoms with van der Waals surface area (Å²) in [6.07, 6.45) is 10.2. The predicted octanol–water partition coefficient (Wildman–Crippen LogP) is 1.56. The van der Waals surface area contributed by atoms with Gasteiger partial charge in [-0.1, -0.05) is 58.3 Å². The molecule has 0 aromatic rings. The van der Waals surface area contributed by atoms with Crippen molar-refractivity contribution in [2.75, 3.05) is 27.7 Å². The molecule has 25 heavy (non-hydrogen) atoms. The first-order valence-corrected chi connectivity index (χ1v) is 9.62. The summed E-state index contributed by atoms with van der Waals surface area (Å²) in [5.74, 6) is -1.68. The van der Waals surface area contributed by atoms with Gasteiger partial charge in [0.05, 0.1) is 21.1 Å². The molecule has 148 valence electrons. The van der Waals surface area contributed by atoms with Gasteiger partial charge in [-0.3, -0.25) is 4.79 Å². The van der Waals surface area contributed by atoms with Crippen molar-refractivity contribution in [3.05, 3.63) is 0 Å². The number of aliphatic carboxylic acids is 1. The van der Waals surface area contributed by atoms with Gasteiger partial charge in [0.15, 0.2) is 5.72 Å². The summed E-state index contributed by atoms with van der Waals surface area (Å²) in [7, 11) is 5.48. The Morgan fingerprint density at radius 1 is 0.960 bits per heavy atom. The van der Waals surface area contributed by atoms with Crippen molar-refractivity contribution < 1.29 is 24.3 Å². The van der Waals surface area contributed by atoms with Crippen molar-refractivity contribution in [3.8, 4) is 0 Å². The number of carboxylic acids is 1. The Kier molecular flexibility index (Phi) is 11.7. The van der Waals surface area contributed by atoms with Crippen LogP contribution in [-0.2, 0) is 9.59 Å². The maximum Gasteiger partial charge on any atom is 0.222 e. The van der Waals surface area contributed by atoms with E-state index in [9.17, 15) is 19.8 Å². The van der Waals surface area contributed by atoms with Crippen LogP contribution in [0.5, 0.6) is 0 Å². The number of quaternary nitrogens is 1. The van der Waals surface area contributed by atoms with Gasteiger partial charge in [-0.05, 0) is 6.42 Å². The molecule has 0 aliphatic heterocycles. The van der Waals surface area contributed by atoms with E-state index >= 15 is 0 Å². The molecule has 1 amide bonds. The van der Waals surface area contributed by atoms with Crippen molar-refractivity contribution >= 4 is 11.9 Å². The zero-order valence-corrected chi connectivity index (χ0v) is 16.6. The lowest BCUT2D eigenvalue weighted by Gasteiger charge is -2.36. The van der Waals surface area contributed by atoms with Crippen LogP contribution in [0.15, 0.2) is 0 Å². The van der Waals surface area contributed by atoms with Gasteiger partial charge in [-0.25, -0.2) is 0 Å². The quantitative estimate of drug-likeness (QED) is 0.264. The SMILES string of the molecule is CCCCCCCCCCCC(=O)NC(O)(CC(=O)[O-])C[N+](C)(C)C. The second-order valence-corrected chi connectivity index (χ2v) is 8.16. The molecule has 0 fully saturated rings. The smallest absolute Gasteiger partial charge is 0.222 e. The molecule has 6 heteroatoms. The van der Waals surface area contributed by atoms with Gasteiger partial charge in [-0.15, -0.1) is 0 Å². The van der Waals surface area contributed by atoms with Gasteiger partial charge in [0.25, 0.3) is 0 Å². The molecule has 0 saturated heterocycles. The molecular formula is C19H38N2O4. The number of amides is 1. The van der Waals surface area contributed by atoms with Crippen molar-refractivity contribution in [1.82, 2.24) is 5.32 Å². The molecule has 0 saturated carbocycles. The van der Waals surface area contributed by atoms with E-state index in [0.29, 0.717) is 10.9 Å². The van der Waals surface area contributed by atoms with Gasteiger partial charge >= 0.3 is 0 Å². The van der Waals surface area contributed by atoms with Crippen LogP contribution < -0.4 is 10.4 Å². The lowest BCUT2D eigenvalue weighted by Crippen LogP contribution is -2.60. The average Bonchev–Trinajstić information content (AvgIpc) is 2.41. The third-order valence-electron chi connectivity index (χ3n) is 4.05. The summed E-state index contributed by atoms with van der Waals surface area (Å²) >= 11 is 0. The van der Waals surface area contributed by atoms with Gasteiger partial charge in [0.1, 0.15) is 6.54 Å². The number of carbonyl (C=O) groups excluding carboxylic acids is 2. The maximum atomic E-state index is 12.0. The number of nitrogens with one attached hydrogen (secondary N) is 1. The minimum Gasteiger partial charge on any atom is -0.550 e. The highest BCUT2D eigenvalue weighted by molar-refractivity contribution is 5.77. The predicted molar refractivity (Wildman–Crippen MR) is 97.5 cm³/mol. The number of rotatable bonds is 15. The molecule has 0 bridgehead atoms. The van der Waals surface area contributed by atoms with Gasteiger partial charge in [0.2, 0.25) is 5.91 Å². The molecule has 0 aromatic carbocycles. The first-order valence-electron chi connectivity index (χ1n) is 9.62. The van der Waals surface area contributed by atoms with Gasteiger partial charge in [-0.2, -0.15) is 0 Å². The van der Waals surface area contributed by atoms with E-state index in [2.05, 4.69) is 12.2 Å². The Balaban J connectivity index is 4.05. The highest BCUT2D eigenvalue weighted by Gasteiger charge is 2.35. The van der Waals surface area contributed by atoms with E-state index in [1.54, 1.807) is 0 Å². The van der Waals surface area contributed by atoms with Gasteiger partial charge < -0.3 is 24.8 Å². The van der Waals surface area contributed by atoms with Crippen LogP contribution in [-0.4, -0.2) is 54.9 Å². The number of likely N-dealkylation sites (N-methyl/N-ethyl adjacent to an activating group) is 1. The molecule has 6 nitrogen and oxygen atoms in total. The highest BCUT2D eigenvalue weighted by Crippen LogP contribution is 2.13. The molecule has 0 rings (SSSR count). The second-order valence-electron chi connectivity index (χ2n) is 8.16. The van der Waals surface area contributed by atoms with Crippen LogP contribution in [0, 0.1) is 0 Å². The molecule has 2 N–H and O–H groups in total. The fourth-order valence-corrected chi connectivity index (χ4v) is 3.08. The fourth-order valence-electron chi connectivity index (χ4n) is 3.08. The molecule has 1 atom stereocenters. The highest BCUT2D eigenvalue weighted by atomic mass is 16.4. The summed E-state index contributed by atoms with van der Waals surface area (Å²) in [4.78, 5) is 22.9. The van der Waals surface area contributed by atoms with Crippen molar-refractivity contribution in [2.45, 2.75) is 83.3 Å². The van der Waals surface area contributed by atoms with Crippen LogP contribution >= 0.6 is 0 Å². The number of aliphatic hydroxyl groups is 1. The number of carbonyl (C=O) groups is 2. The fraction of sp³-hybridized carbons (Fsp3) is 0.895. The van der Waals surface area contributed by atoms with E-state index in [4.69, 9.17) is 0 Å². The Bertz CT molecular complexity index is 393. The monoisotopic (exact) mass is 358 g/mol. The Morgan fingerprint density at radius 2 is 1.44 bits per heavy atom. The number of hydrogen-bond acceptors (Lipinski definition) is 4. The largest absolute Gasteiger partial charge is 0.550 e. The zero-order chi connectivity index (χ0) is 19.3. The third kappa shape index (κ3) is 14.9. The molecule has 0 spiro atoms. The van der Waals surface area contributed by atoms with E-state index in [-0.39, 0.29) is 12.5 Å². The minimum absolute atomic E-state index is 0.102. The lowest BCUT2D eigenvalue weighted by atomic mass is 10.1. The number of carboxylic acid groups (broad SMARTS) is 1. The zero-order valence-electron chi connectivity index (χ0n) is 16.6. The minimum atomic E-state index is -1.77. The summed E-state index contributed by atoms with van der Waals surface area (Å²) in [6.45, 7) is 2.31. The molecule has 0 aromatic heterocycles. The van der Waals surface area contributed by atoms with Crippen LogP contribution in [0.25, 0.3) is 0 Å². The normalized spacial score (nSPS) is 14.1. The van der Waals surface area contributed by atoms with E-state index in [1.165, 1.54) is 38.5 Å². The van der Waals surface area contributed by atoms with Gasteiger partial charge in [0, 0.05) is 18.8 Å². The standard InChI is InChI=1S/C19H38N2O4/c1-5-6-7-8-9-10-11-12-13-14-17(22)20-19(25,15-18(23)24)16-21(2,3)4/h25H,5-16H2,1-4H3,(H-,20,22,23,24). The summed E-state index contributed by atoms with van der Waals surface area (Å²) < 4.78 is 0.335. The van der Waals surface area contributed by atoms with Crippen LogP contribution in [0.1, 0.15) is 77.6 Å². The van der Waals surface area contributed by atoms with E-state index in [0.717, 1.165) is 19.3 Å². The van der Waals surface area contributed by atoms with Crippen molar-refractivity contribution in [1.29, 1.82) is 0 Å². The van der Waals surface area contributed by atoms with Crippen LogP contribution in [0.2, 0.25) is 0 Å². The number of nitrogens with zero attached hydrogens (tertiary/aromatic N) is 1. The molecular weight excluding hydrogens is 320 g/mol. The van der Waals surface area contributed by atoms with E-state index in [1.807, 2.05) is 21.1 Å². The van der Waals surface area contributed by atoms with E-state index < -0.39 is 18.1 Å². The van der Waals surface area contributed by atoms with Crippen LogP contribution in [0.3, 0.4) is 0 Å². The topological polar surface area (TPSA) is 89.5 Å². The Labute approximate surface area is 153 Å². The number of unbranched alkanes of at least 4 members (excludes halogenated alkanes) is 8. The number of hydrogen-bond donors (Lipinski definition) is 2. The molecule has 0 aliphatic carbocycles. The first-order chi connectivity index (χ1) is 11.6. The third-order valence-corrected chi connectivity index (χ3v) is 4.05. The summed E-state index contributed by atoms with van der Waals surface area (Å²) in [5.41, 5.74) is -1.77. The van der Waals surface area contributed by atoms with Crippen molar-refractivity contribution in [3.63, 3.8) is 0 Å². The molecule has 0 radical (unpaired) electrons. The molecule has 0 heterocycles.